The van der Waals surface area contributed by atoms with Crippen LogP contribution >= 0.6 is 0 Å². The first-order chi connectivity index (χ1) is 26.8. The van der Waals surface area contributed by atoms with Crippen molar-refractivity contribution < 1.29 is 4.42 Å². The lowest BCUT2D eigenvalue weighted by molar-refractivity contribution is 0.669. The first-order valence-electron chi connectivity index (χ1n) is 18.1. The number of rotatable bonds is 5. The molecule has 0 aliphatic heterocycles. The topological polar surface area (TPSA) is 56.7 Å². The summed E-state index contributed by atoms with van der Waals surface area (Å²) in [6, 6.07) is 63.3. The van der Waals surface area contributed by atoms with E-state index in [1.54, 1.807) is 0 Å². The van der Waals surface area contributed by atoms with Crippen molar-refractivity contribution in [3.05, 3.63) is 182 Å². The highest BCUT2D eigenvalue weighted by molar-refractivity contribution is 6.16. The number of hydrogen-bond acceptors (Lipinski definition) is 4. The summed E-state index contributed by atoms with van der Waals surface area (Å²) >= 11 is 0. The van der Waals surface area contributed by atoms with Gasteiger partial charge < -0.3 is 8.98 Å². The molecule has 0 N–H and O–H groups in total. The van der Waals surface area contributed by atoms with E-state index in [9.17, 15) is 0 Å². The molecule has 0 fully saturated rings. The van der Waals surface area contributed by atoms with Crippen molar-refractivity contribution in [1.82, 2.24) is 19.5 Å². The van der Waals surface area contributed by atoms with E-state index < -0.39 is 0 Å². The average Bonchev–Trinajstić information content (AvgIpc) is 3.79. The molecule has 0 aliphatic rings. The summed E-state index contributed by atoms with van der Waals surface area (Å²) in [7, 11) is 0. The van der Waals surface area contributed by atoms with Gasteiger partial charge in [-0.25, -0.2) is 15.0 Å². The Kier molecular flexibility index (Phi) is 6.79. The number of benzene rings is 8. The summed E-state index contributed by atoms with van der Waals surface area (Å²) in [5.74, 6) is 1.88. The zero-order valence-electron chi connectivity index (χ0n) is 29.0. The van der Waals surface area contributed by atoms with Crippen molar-refractivity contribution in [3.63, 3.8) is 0 Å². The Balaban J connectivity index is 1.18. The number of aromatic nitrogens is 4. The summed E-state index contributed by atoms with van der Waals surface area (Å²) in [5, 5.41) is 6.88. The minimum Gasteiger partial charge on any atom is -0.456 e. The Morgan fingerprint density at radius 3 is 1.83 bits per heavy atom. The lowest BCUT2D eigenvalue weighted by atomic mass is 9.97. The van der Waals surface area contributed by atoms with Gasteiger partial charge in [0, 0.05) is 43.9 Å². The Hall–Kier alpha value is -7.37. The second-order valence-electron chi connectivity index (χ2n) is 13.6. The molecule has 0 bridgehead atoms. The molecule has 0 atom stereocenters. The largest absolute Gasteiger partial charge is 0.456 e. The molecular weight excluding hydrogens is 661 g/mol. The molecule has 0 radical (unpaired) electrons. The maximum Gasteiger partial charge on any atom is 0.166 e. The van der Waals surface area contributed by atoms with Crippen molar-refractivity contribution in [1.29, 1.82) is 0 Å². The van der Waals surface area contributed by atoms with Gasteiger partial charge in [0.25, 0.3) is 0 Å². The number of para-hydroxylation sites is 2. The maximum atomic E-state index is 6.52. The van der Waals surface area contributed by atoms with E-state index in [2.05, 4.69) is 126 Å². The van der Waals surface area contributed by atoms with E-state index in [-0.39, 0.29) is 0 Å². The first-order valence-corrected chi connectivity index (χ1v) is 18.1. The van der Waals surface area contributed by atoms with Crippen LogP contribution in [0.2, 0.25) is 0 Å². The molecule has 8 aromatic carbocycles. The van der Waals surface area contributed by atoms with Crippen LogP contribution in [0.4, 0.5) is 0 Å². The Morgan fingerprint density at radius 1 is 0.389 bits per heavy atom. The molecule has 11 aromatic rings. The molecular formula is C49H30N4O. The minimum atomic E-state index is 0.616. The van der Waals surface area contributed by atoms with Gasteiger partial charge in [-0.3, -0.25) is 0 Å². The Labute approximate surface area is 310 Å². The fourth-order valence-corrected chi connectivity index (χ4v) is 7.95. The average molecular weight is 691 g/mol. The predicted octanol–water partition coefficient (Wildman–Crippen LogP) is 12.7. The molecule has 0 amide bonds. The van der Waals surface area contributed by atoms with Crippen LogP contribution in [0.1, 0.15) is 0 Å². The SMILES string of the molecule is c1ccc(-c2nc(-c3ccccc3)nc(-c3cccc4c5ccccc5n(-c5ccc6oc7cccc(-c8ccc9ccccc9c8)c7c6c5)c34)n2)cc1. The quantitative estimate of drug-likeness (QED) is 0.180. The maximum absolute atomic E-state index is 6.52. The van der Waals surface area contributed by atoms with Crippen LogP contribution < -0.4 is 0 Å². The Morgan fingerprint density at radius 2 is 1.04 bits per heavy atom. The summed E-state index contributed by atoms with van der Waals surface area (Å²) in [6.07, 6.45) is 0. The van der Waals surface area contributed by atoms with Gasteiger partial charge in [-0.1, -0.05) is 140 Å². The van der Waals surface area contributed by atoms with Crippen LogP contribution in [0.3, 0.4) is 0 Å². The third-order valence-corrected chi connectivity index (χ3v) is 10.4. The van der Waals surface area contributed by atoms with E-state index in [0.29, 0.717) is 17.5 Å². The third-order valence-electron chi connectivity index (χ3n) is 10.4. The zero-order chi connectivity index (χ0) is 35.6. The van der Waals surface area contributed by atoms with Gasteiger partial charge in [-0.05, 0) is 64.4 Å². The van der Waals surface area contributed by atoms with Crippen LogP contribution in [-0.4, -0.2) is 19.5 Å². The molecule has 0 saturated heterocycles. The van der Waals surface area contributed by atoms with Crippen LogP contribution in [-0.2, 0) is 0 Å². The highest BCUT2D eigenvalue weighted by Crippen LogP contribution is 2.42. The molecule has 3 heterocycles. The minimum absolute atomic E-state index is 0.616. The molecule has 3 aromatic heterocycles. The highest BCUT2D eigenvalue weighted by Gasteiger charge is 2.21. The van der Waals surface area contributed by atoms with Crippen molar-refractivity contribution >= 4 is 54.5 Å². The van der Waals surface area contributed by atoms with E-state index in [0.717, 1.165) is 77.2 Å². The lowest BCUT2D eigenvalue weighted by Gasteiger charge is -2.13. The molecule has 54 heavy (non-hydrogen) atoms. The van der Waals surface area contributed by atoms with E-state index >= 15 is 0 Å². The van der Waals surface area contributed by atoms with Crippen LogP contribution in [0.15, 0.2) is 186 Å². The predicted molar refractivity (Wildman–Crippen MR) is 221 cm³/mol. The standard InChI is InChI=1S/C49H30N4O/c1-3-14-32(15-4-1)47-50-48(33-16-5-2-6-17-33)52-49(51-47)40-22-11-21-39-38-19-9-10-23-42(38)53(46(39)40)36-27-28-43-41(30-36)45-37(20-12-24-44(45)54-43)35-26-25-31-13-7-8-18-34(31)29-35/h1-30H. The molecule has 5 heteroatoms. The summed E-state index contributed by atoms with van der Waals surface area (Å²) < 4.78 is 8.87. The first kappa shape index (κ1) is 30.3. The summed E-state index contributed by atoms with van der Waals surface area (Å²) in [6.45, 7) is 0. The second kappa shape index (κ2) is 12.1. The molecule has 252 valence electrons. The van der Waals surface area contributed by atoms with Crippen molar-refractivity contribution in [2.45, 2.75) is 0 Å². The molecule has 5 nitrogen and oxygen atoms in total. The van der Waals surface area contributed by atoms with Crippen LogP contribution in [0.25, 0.3) is 105 Å². The van der Waals surface area contributed by atoms with Gasteiger partial charge in [0.15, 0.2) is 17.5 Å². The molecule has 0 saturated carbocycles. The molecule has 0 unspecified atom stereocenters. The molecule has 0 aliphatic carbocycles. The van der Waals surface area contributed by atoms with Gasteiger partial charge in [-0.15, -0.1) is 0 Å². The molecule has 11 rings (SSSR count). The van der Waals surface area contributed by atoms with Gasteiger partial charge >= 0.3 is 0 Å². The number of furan rings is 1. The number of hydrogen-bond donors (Lipinski definition) is 0. The summed E-state index contributed by atoms with van der Waals surface area (Å²) in [5.41, 5.74) is 9.97. The fraction of sp³-hybridized carbons (Fsp3) is 0. The summed E-state index contributed by atoms with van der Waals surface area (Å²) in [4.78, 5) is 15.3. The van der Waals surface area contributed by atoms with Crippen molar-refractivity contribution in [2.24, 2.45) is 0 Å². The smallest absolute Gasteiger partial charge is 0.166 e. The fourth-order valence-electron chi connectivity index (χ4n) is 7.95. The monoisotopic (exact) mass is 690 g/mol. The normalized spacial score (nSPS) is 11.7. The van der Waals surface area contributed by atoms with Crippen molar-refractivity contribution in [2.75, 3.05) is 0 Å². The molecule has 0 spiro atoms. The van der Waals surface area contributed by atoms with E-state index in [1.807, 2.05) is 60.7 Å². The third kappa shape index (κ3) is 4.83. The van der Waals surface area contributed by atoms with Crippen LogP contribution in [0.5, 0.6) is 0 Å². The number of fused-ring (bicyclic) bond motifs is 7. The van der Waals surface area contributed by atoms with Gasteiger partial charge in [0.1, 0.15) is 11.2 Å². The van der Waals surface area contributed by atoms with Crippen molar-refractivity contribution in [3.8, 4) is 51.0 Å². The van der Waals surface area contributed by atoms with Gasteiger partial charge in [0.2, 0.25) is 0 Å². The number of nitrogens with zero attached hydrogens (tertiary/aromatic N) is 4. The highest BCUT2D eigenvalue weighted by atomic mass is 16.3. The van der Waals surface area contributed by atoms with Crippen LogP contribution in [0, 0.1) is 0 Å². The van der Waals surface area contributed by atoms with E-state index in [1.165, 1.54) is 10.8 Å². The van der Waals surface area contributed by atoms with E-state index in [4.69, 9.17) is 19.4 Å². The van der Waals surface area contributed by atoms with Gasteiger partial charge in [-0.2, -0.15) is 0 Å². The second-order valence-corrected chi connectivity index (χ2v) is 13.6. The Bertz CT molecular complexity index is 3160. The lowest BCUT2D eigenvalue weighted by Crippen LogP contribution is -2.02. The zero-order valence-corrected chi connectivity index (χ0v) is 29.0. The van der Waals surface area contributed by atoms with Gasteiger partial charge in [0.05, 0.1) is 11.0 Å².